The van der Waals surface area contributed by atoms with E-state index in [1.165, 1.54) is 16.7 Å². The molecule has 0 radical (unpaired) electrons. The van der Waals surface area contributed by atoms with Gasteiger partial charge in [-0.2, -0.15) is 0 Å². The number of carbonyl (C=O) groups excluding carboxylic acids is 1. The number of nitrogens with zero attached hydrogens (tertiary/aromatic N) is 1. The van der Waals surface area contributed by atoms with Crippen molar-refractivity contribution in [1.82, 2.24) is 15.5 Å². The molecular formula is C15H25Cl2N3O. The molecule has 120 valence electrons. The summed E-state index contributed by atoms with van der Waals surface area (Å²) in [5, 5.41) is 6.32. The van der Waals surface area contributed by atoms with Crippen molar-refractivity contribution < 1.29 is 4.79 Å². The van der Waals surface area contributed by atoms with Crippen LogP contribution in [0.2, 0.25) is 0 Å². The molecular weight excluding hydrogens is 309 g/mol. The van der Waals surface area contributed by atoms with Crippen molar-refractivity contribution in [2.24, 2.45) is 0 Å². The van der Waals surface area contributed by atoms with Crippen LogP contribution < -0.4 is 10.6 Å². The van der Waals surface area contributed by atoms with Crippen LogP contribution in [0.5, 0.6) is 0 Å². The first-order chi connectivity index (χ1) is 9.22. The van der Waals surface area contributed by atoms with Gasteiger partial charge in [-0.05, 0) is 29.8 Å². The first kappa shape index (κ1) is 20.2. The number of likely N-dealkylation sites (N-methyl/N-ethyl adjacent to an activating group) is 1. The number of halogens is 2. The summed E-state index contributed by atoms with van der Waals surface area (Å²) in [6.45, 7) is 8.98. The largest absolute Gasteiger partial charge is 0.351 e. The number of carbonyl (C=O) groups is 1. The van der Waals surface area contributed by atoms with Crippen LogP contribution in [0.4, 0.5) is 0 Å². The fourth-order valence-electron chi connectivity index (χ4n) is 2.36. The van der Waals surface area contributed by atoms with E-state index in [1.807, 2.05) is 0 Å². The van der Waals surface area contributed by atoms with Crippen molar-refractivity contribution in [1.29, 1.82) is 0 Å². The molecule has 2 rings (SSSR count). The Morgan fingerprint density at radius 1 is 1.19 bits per heavy atom. The van der Waals surface area contributed by atoms with Crippen molar-refractivity contribution >= 4 is 30.7 Å². The van der Waals surface area contributed by atoms with Gasteiger partial charge in [0.2, 0.25) is 5.91 Å². The van der Waals surface area contributed by atoms with Gasteiger partial charge >= 0.3 is 0 Å². The molecule has 1 heterocycles. The second kappa shape index (κ2) is 10.0. The maximum absolute atomic E-state index is 11.8. The van der Waals surface area contributed by atoms with Crippen LogP contribution >= 0.6 is 24.8 Å². The zero-order valence-corrected chi connectivity index (χ0v) is 14.3. The first-order valence-corrected chi connectivity index (χ1v) is 7.03. The van der Waals surface area contributed by atoms with Crippen LogP contribution in [0, 0.1) is 0 Å². The highest BCUT2D eigenvalue weighted by Crippen LogP contribution is 2.16. The Labute approximate surface area is 139 Å². The van der Waals surface area contributed by atoms with Crippen molar-refractivity contribution in [3.63, 3.8) is 0 Å². The summed E-state index contributed by atoms with van der Waals surface area (Å²) in [6, 6.07) is 6.44. The van der Waals surface area contributed by atoms with Gasteiger partial charge in [-0.15, -0.1) is 24.8 Å². The number of amides is 1. The van der Waals surface area contributed by atoms with E-state index < -0.39 is 0 Å². The standard InChI is InChI=1S/C15H23N3O.2ClH/c1-3-18(4-2)11-15(19)17-8-12-5-6-13-9-16-10-14(13)7-12;;/h5-7,16H,3-4,8-11H2,1-2H3,(H,17,19);2*1H. The Kier molecular flexibility index (Phi) is 9.62. The van der Waals surface area contributed by atoms with Crippen molar-refractivity contribution in [2.75, 3.05) is 19.6 Å². The average molecular weight is 334 g/mol. The number of nitrogens with one attached hydrogen (secondary N) is 2. The predicted octanol–water partition coefficient (Wildman–Crippen LogP) is 2.09. The smallest absolute Gasteiger partial charge is 0.234 e. The molecule has 1 aromatic carbocycles. The van der Waals surface area contributed by atoms with Crippen molar-refractivity contribution in [3.8, 4) is 0 Å². The summed E-state index contributed by atoms with van der Waals surface area (Å²) in [5.74, 6) is 0.0994. The van der Waals surface area contributed by atoms with Gasteiger partial charge in [0.15, 0.2) is 0 Å². The van der Waals surface area contributed by atoms with E-state index in [0.29, 0.717) is 13.1 Å². The third kappa shape index (κ3) is 5.83. The Morgan fingerprint density at radius 3 is 2.52 bits per heavy atom. The van der Waals surface area contributed by atoms with Gasteiger partial charge < -0.3 is 10.6 Å². The van der Waals surface area contributed by atoms with Crippen LogP contribution in [0.3, 0.4) is 0 Å². The van der Waals surface area contributed by atoms with E-state index >= 15 is 0 Å². The minimum atomic E-state index is 0. The lowest BCUT2D eigenvalue weighted by Gasteiger charge is -2.17. The first-order valence-electron chi connectivity index (χ1n) is 7.03. The third-order valence-corrected chi connectivity index (χ3v) is 3.65. The molecule has 0 fully saturated rings. The molecule has 1 amide bonds. The molecule has 0 spiro atoms. The van der Waals surface area contributed by atoms with Gasteiger partial charge in [-0.25, -0.2) is 0 Å². The highest BCUT2D eigenvalue weighted by Gasteiger charge is 2.11. The van der Waals surface area contributed by atoms with Gasteiger partial charge in [-0.3, -0.25) is 9.69 Å². The predicted molar refractivity (Wildman–Crippen MR) is 91.1 cm³/mol. The molecule has 0 aromatic heterocycles. The zero-order chi connectivity index (χ0) is 13.7. The average Bonchev–Trinajstić information content (AvgIpc) is 2.89. The third-order valence-electron chi connectivity index (χ3n) is 3.65. The molecule has 4 nitrogen and oxygen atoms in total. The molecule has 0 saturated carbocycles. The molecule has 0 unspecified atom stereocenters. The topological polar surface area (TPSA) is 44.4 Å². The Balaban J connectivity index is 0.00000200. The Hall–Kier alpha value is -0.810. The summed E-state index contributed by atoms with van der Waals surface area (Å²) in [7, 11) is 0. The maximum Gasteiger partial charge on any atom is 0.234 e. The lowest BCUT2D eigenvalue weighted by atomic mass is 10.1. The highest BCUT2D eigenvalue weighted by atomic mass is 35.5. The number of fused-ring (bicyclic) bond motifs is 1. The summed E-state index contributed by atoms with van der Waals surface area (Å²) < 4.78 is 0. The summed E-state index contributed by atoms with van der Waals surface area (Å²) in [4.78, 5) is 13.9. The molecule has 1 aliphatic heterocycles. The molecule has 0 aliphatic carbocycles. The van der Waals surface area contributed by atoms with Crippen molar-refractivity contribution in [3.05, 3.63) is 34.9 Å². The minimum absolute atomic E-state index is 0. The Morgan fingerprint density at radius 2 is 1.86 bits per heavy atom. The zero-order valence-electron chi connectivity index (χ0n) is 12.6. The van der Waals surface area contributed by atoms with Gasteiger partial charge in [0.1, 0.15) is 0 Å². The lowest BCUT2D eigenvalue weighted by Crippen LogP contribution is -2.36. The summed E-state index contributed by atoms with van der Waals surface area (Å²) >= 11 is 0. The fourth-order valence-corrected chi connectivity index (χ4v) is 2.36. The molecule has 0 saturated heterocycles. The maximum atomic E-state index is 11.8. The van der Waals surface area contributed by atoms with Crippen LogP contribution in [-0.4, -0.2) is 30.4 Å². The number of hydrogen-bond donors (Lipinski definition) is 2. The second-order valence-corrected chi connectivity index (χ2v) is 4.94. The van der Waals surface area contributed by atoms with Crippen LogP contribution in [0.15, 0.2) is 18.2 Å². The van der Waals surface area contributed by atoms with Crippen LogP contribution in [-0.2, 0) is 24.4 Å². The molecule has 6 heteroatoms. The molecule has 1 aliphatic rings. The van der Waals surface area contributed by atoms with Crippen LogP contribution in [0.1, 0.15) is 30.5 Å². The van der Waals surface area contributed by atoms with E-state index in [9.17, 15) is 4.79 Å². The molecule has 0 atom stereocenters. The van der Waals surface area contributed by atoms with Gasteiger partial charge in [0.05, 0.1) is 6.54 Å². The van der Waals surface area contributed by atoms with E-state index in [0.717, 1.165) is 26.2 Å². The lowest BCUT2D eigenvalue weighted by molar-refractivity contribution is -0.122. The summed E-state index contributed by atoms with van der Waals surface area (Å²) in [5.41, 5.74) is 3.91. The number of rotatable bonds is 6. The molecule has 2 N–H and O–H groups in total. The van der Waals surface area contributed by atoms with E-state index in [2.05, 4.69) is 47.6 Å². The minimum Gasteiger partial charge on any atom is -0.351 e. The van der Waals surface area contributed by atoms with Gasteiger partial charge in [-0.1, -0.05) is 32.0 Å². The van der Waals surface area contributed by atoms with Crippen LogP contribution in [0.25, 0.3) is 0 Å². The van der Waals surface area contributed by atoms with E-state index in [-0.39, 0.29) is 30.7 Å². The molecule has 1 aromatic rings. The number of hydrogen-bond acceptors (Lipinski definition) is 3. The SMILES string of the molecule is CCN(CC)CC(=O)NCc1ccc2c(c1)CNC2.Cl.Cl. The highest BCUT2D eigenvalue weighted by molar-refractivity contribution is 5.85. The quantitative estimate of drug-likeness (QED) is 0.837. The Bertz CT molecular complexity index is 451. The molecule has 0 bridgehead atoms. The molecule has 21 heavy (non-hydrogen) atoms. The van der Waals surface area contributed by atoms with Crippen molar-refractivity contribution in [2.45, 2.75) is 33.5 Å². The number of benzene rings is 1. The monoisotopic (exact) mass is 333 g/mol. The fraction of sp³-hybridized carbons (Fsp3) is 0.533. The summed E-state index contributed by atoms with van der Waals surface area (Å²) in [6.07, 6.45) is 0. The van der Waals surface area contributed by atoms with Gasteiger partial charge in [0, 0.05) is 19.6 Å². The second-order valence-electron chi connectivity index (χ2n) is 4.94. The normalized spacial score (nSPS) is 12.3. The van der Waals surface area contributed by atoms with E-state index in [4.69, 9.17) is 0 Å². The van der Waals surface area contributed by atoms with Gasteiger partial charge in [0.25, 0.3) is 0 Å². The van der Waals surface area contributed by atoms with E-state index in [1.54, 1.807) is 0 Å².